The summed E-state index contributed by atoms with van der Waals surface area (Å²) in [4.78, 5) is 32.0. The van der Waals surface area contributed by atoms with Gasteiger partial charge in [0.05, 0.1) is 6.04 Å². The molecule has 1 aromatic heterocycles. The van der Waals surface area contributed by atoms with Crippen molar-refractivity contribution in [1.29, 1.82) is 0 Å². The molecule has 1 fully saturated rings. The fraction of sp³-hybridized carbons (Fsp3) is 0.389. The van der Waals surface area contributed by atoms with Crippen LogP contribution >= 0.6 is 0 Å². The highest BCUT2D eigenvalue weighted by molar-refractivity contribution is 5.94. The molecule has 1 aromatic carbocycles. The number of Topliss-reactive ketones (excluding diaryl/α,β-unsaturated/α-hetero) is 1. The number of nitrogens with two attached hydrogens (primary N) is 1. The zero-order valence-electron chi connectivity index (χ0n) is 14.4. The second kappa shape index (κ2) is 7.06. The normalized spacial score (nSPS) is 16.0. The molecule has 25 heavy (non-hydrogen) atoms. The third kappa shape index (κ3) is 3.71. The lowest BCUT2D eigenvalue weighted by Crippen LogP contribution is -2.48. The van der Waals surface area contributed by atoms with Crippen LogP contribution in [0.25, 0.3) is 0 Å². The summed E-state index contributed by atoms with van der Waals surface area (Å²) in [6.07, 6.45) is 1.37. The zero-order chi connectivity index (χ0) is 18.0. The van der Waals surface area contributed by atoms with Crippen molar-refractivity contribution in [3.63, 3.8) is 0 Å². The summed E-state index contributed by atoms with van der Waals surface area (Å²) in [5.41, 5.74) is 7.76. The van der Waals surface area contributed by atoms with Crippen LogP contribution < -0.4 is 10.6 Å². The smallest absolute Gasteiger partial charge is 0.275 e. The molecule has 7 heteroatoms. The van der Waals surface area contributed by atoms with Crippen molar-refractivity contribution in [2.45, 2.75) is 19.9 Å². The summed E-state index contributed by atoms with van der Waals surface area (Å²) in [5, 5.41) is 0. The molecule has 1 amide bonds. The molecule has 132 valence electrons. The number of anilines is 1. The molecule has 2 N–H and O–H groups in total. The van der Waals surface area contributed by atoms with Gasteiger partial charge in [0.25, 0.3) is 5.91 Å². The Labute approximate surface area is 146 Å². The maximum atomic E-state index is 12.5. The molecule has 2 aromatic rings. The topological polar surface area (TPSA) is 92.7 Å². The largest absolute Gasteiger partial charge is 0.446 e. The van der Waals surface area contributed by atoms with Crippen LogP contribution in [0.4, 0.5) is 5.69 Å². The van der Waals surface area contributed by atoms with Gasteiger partial charge in [-0.25, -0.2) is 4.98 Å². The van der Waals surface area contributed by atoms with E-state index in [0.29, 0.717) is 30.2 Å². The van der Waals surface area contributed by atoms with Gasteiger partial charge in [0.15, 0.2) is 11.5 Å². The van der Waals surface area contributed by atoms with Crippen LogP contribution in [0.5, 0.6) is 0 Å². The van der Waals surface area contributed by atoms with Crippen LogP contribution in [-0.2, 0) is 0 Å². The van der Waals surface area contributed by atoms with E-state index in [9.17, 15) is 9.59 Å². The Morgan fingerprint density at radius 2 is 1.80 bits per heavy atom. The second-order valence-corrected chi connectivity index (χ2v) is 6.24. The van der Waals surface area contributed by atoms with Crippen molar-refractivity contribution < 1.29 is 14.0 Å². The van der Waals surface area contributed by atoms with Crippen molar-refractivity contribution in [2.24, 2.45) is 5.73 Å². The first-order valence-corrected chi connectivity index (χ1v) is 8.32. The van der Waals surface area contributed by atoms with Gasteiger partial charge in [0.1, 0.15) is 6.26 Å². The second-order valence-electron chi connectivity index (χ2n) is 6.24. The molecular formula is C18H22N4O3. The van der Waals surface area contributed by atoms with Gasteiger partial charge in [-0.15, -0.1) is 0 Å². The first-order valence-electron chi connectivity index (χ1n) is 8.32. The molecule has 0 spiro atoms. The maximum Gasteiger partial charge on any atom is 0.275 e. The molecule has 7 nitrogen and oxygen atoms in total. The number of nitrogens with zero attached hydrogens (tertiary/aromatic N) is 3. The van der Waals surface area contributed by atoms with Crippen molar-refractivity contribution >= 4 is 17.4 Å². The van der Waals surface area contributed by atoms with Gasteiger partial charge in [-0.3, -0.25) is 9.59 Å². The number of hydrogen-bond acceptors (Lipinski definition) is 6. The first kappa shape index (κ1) is 17.2. The van der Waals surface area contributed by atoms with E-state index in [1.807, 2.05) is 24.3 Å². The van der Waals surface area contributed by atoms with Crippen molar-refractivity contribution in [3.05, 3.63) is 47.7 Å². The lowest BCUT2D eigenvalue weighted by Gasteiger charge is -2.35. The molecule has 1 saturated heterocycles. The Balaban J connectivity index is 1.61. The van der Waals surface area contributed by atoms with Crippen molar-refractivity contribution in [1.82, 2.24) is 9.88 Å². The Hall–Kier alpha value is -2.67. The molecule has 1 aliphatic heterocycles. The predicted molar refractivity (Wildman–Crippen MR) is 93.7 cm³/mol. The number of carbonyl (C=O) groups excluding carboxylic acids is 2. The summed E-state index contributed by atoms with van der Waals surface area (Å²) in [5.74, 6) is 0.288. The predicted octanol–water partition coefficient (Wildman–Crippen LogP) is 1.86. The number of hydrogen-bond donors (Lipinski definition) is 1. The minimum Gasteiger partial charge on any atom is -0.446 e. The number of oxazole rings is 1. The van der Waals surface area contributed by atoms with Gasteiger partial charge in [0.2, 0.25) is 5.89 Å². The molecule has 0 saturated carbocycles. The summed E-state index contributed by atoms with van der Waals surface area (Å²) in [6.45, 7) is 5.98. The van der Waals surface area contributed by atoms with Crippen LogP contribution in [0, 0.1) is 0 Å². The molecule has 3 rings (SSSR count). The average molecular weight is 342 g/mol. The van der Waals surface area contributed by atoms with Gasteiger partial charge in [-0.2, -0.15) is 0 Å². The van der Waals surface area contributed by atoms with Gasteiger partial charge >= 0.3 is 0 Å². The molecule has 0 radical (unpaired) electrons. The van der Waals surface area contributed by atoms with E-state index < -0.39 is 0 Å². The van der Waals surface area contributed by atoms with Crippen molar-refractivity contribution in [3.8, 4) is 0 Å². The summed E-state index contributed by atoms with van der Waals surface area (Å²) < 4.78 is 5.24. The Kier molecular flexibility index (Phi) is 4.85. The lowest BCUT2D eigenvalue weighted by molar-refractivity contribution is 0.0740. The van der Waals surface area contributed by atoms with Crippen LogP contribution in [-0.4, -0.2) is 47.8 Å². The fourth-order valence-electron chi connectivity index (χ4n) is 2.83. The number of ketones is 1. The summed E-state index contributed by atoms with van der Waals surface area (Å²) >= 11 is 0. The summed E-state index contributed by atoms with van der Waals surface area (Å²) in [6, 6.07) is 7.22. The third-order valence-electron chi connectivity index (χ3n) is 4.34. The molecule has 1 aliphatic rings. The highest BCUT2D eigenvalue weighted by atomic mass is 16.3. The first-order chi connectivity index (χ1) is 12.0. The van der Waals surface area contributed by atoms with E-state index in [-0.39, 0.29) is 17.7 Å². The number of benzene rings is 1. The SMILES string of the molecule is CC(=O)c1ccc(N2CCN(C(=O)c3coc(C(C)N)n3)CC2)cc1. The van der Waals surface area contributed by atoms with E-state index in [1.165, 1.54) is 6.26 Å². The van der Waals surface area contributed by atoms with E-state index in [4.69, 9.17) is 10.2 Å². The van der Waals surface area contributed by atoms with Gasteiger partial charge in [0, 0.05) is 37.4 Å². The van der Waals surface area contributed by atoms with Crippen LogP contribution in [0.2, 0.25) is 0 Å². The number of rotatable bonds is 4. The number of piperazine rings is 1. The molecular weight excluding hydrogens is 320 g/mol. The third-order valence-corrected chi connectivity index (χ3v) is 4.34. The van der Waals surface area contributed by atoms with Crippen LogP contribution in [0.1, 0.15) is 46.6 Å². The molecule has 0 aliphatic carbocycles. The molecule has 1 unspecified atom stereocenters. The van der Waals surface area contributed by atoms with Gasteiger partial charge < -0.3 is 20.0 Å². The Morgan fingerprint density at radius 3 is 2.32 bits per heavy atom. The van der Waals surface area contributed by atoms with Gasteiger partial charge in [-0.1, -0.05) is 0 Å². The molecule has 2 heterocycles. The highest BCUT2D eigenvalue weighted by Gasteiger charge is 2.25. The van der Waals surface area contributed by atoms with Crippen molar-refractivity contribution in [2.75, 3.05) is 31.1 Å². The van der Waals surface area contributed by atoms with E-state index in [1.54, 1.807) is 18.7 Å². The highest BCUT2D eigenvalue weighted by Crippen LogP contribution is 2.19. The zero-order valence-corrected chi connectivity index (χ0v) is 14.4. The minimum absolute atomic E-state index is 0.0562. The number of aromatic nitrogens is 1. The minimum atomic E-state index is -0.337. The Bertz CT molecular complexity index is 759. The lowest BCUT2D eigenvalue weighted by atomic mass is 10.1. The molecule has 1 atom stereocenters. The van der Waals surface area contributed by atoms with Crippen LogP contribution in [0.3, 0.4) is 0 Å². The van der Waals surface area contributed by atoms with Gasteiger partial charge in [-0.05, 0) is 38.1 Å². The standard InChI is InChI=1S/C18H22N4O3/c1-12(19)17-20-16(11-25-17)18(24)22-9-7-21(8-10-22)15-5-3-14(4-6-15)13(2)23/h3-6,11-12H,7-10,19H2,1-2H3. The fourth-order valence-corrected chi connectivity index (χ4v) is 2.83. The summed E-state index contributed by atoms with van der Waals surface area (Å²) in [7, 11) is 0. The quantitative estimate of drug-likeness (QED) is 0.853. The van der Waals surface area contributed by atoms with E-state index in [0.717, 1.165) is 18.8 Å². The Morgan fingerprint density at radius 1 is 1.16 bits per heavy atom. The van der Waals surface area contributed by atoms with E-state index >= 15 is 0 Å². The number of carbonyl (C=O) groups is 2. The monoisotopic (exact) mass is 342 g/mol. The molecule has 0 bridgehead atoms. The number of amides is 1. The van der Waals surface area contributed by atoms with Crippen LogP contribution in [0.15, 0.2) is 34.9 Å². The van der Waals surface area contributed by atoms with E-state index in [2.05, 4.69) is 9.88 Å². The average Bonchev–Trinajstić information content (AvgIpc) is 3.12. The maximum absolute atomic E-state index is 12.5.